The van der Waals surface area contributed by atoms with Gasteiger partial charge in [0.1, 0.15) is 0 Å². The Kier molecular flexibility index (Phi) is 4.39. The highest BCUT2D eigenvalue weighted by molar-refractivity contribution is 4.77. The van der Waals surface area contributed by atoms with Gasteiger partial charge in [0.2, 0.25) is 0 Å². The van der Waals surface area contributed by atoms with E-state index in [2.05, 4.69) is 32.6 Å². The summed E-state index contributed by atoms with van der Waals surface area (Å²) >= 11 is 0. The van der Waals surface area contributed by atoms with Crippen molar-refractivity contribution >= 4 is 0 Å². The van der Waals surface area contributed by atoms with Crippen molar-refractivity contribution in [3.8, 4) is 0 Å². The molecule has 0 N–H and O–H groups in total. The summed E-state index contributed by atoms with van der Waals surface area (Å²) in [6.07, 6.45) is 2.56. The minimum atomic E-state index is 0.484. The molecule has 0 amide bonds. The number of hydrogen-bond acceptors (Lipinski definition) is 2. The Balaban J connectivity index is 2.36. The van der Waals surface area contributed by atoms with Crippen molar-refractivity contribution in [2.24, 2.45) is 5.41 Å². The zero-order valence-corrected chi connectivity index (χ0v) is 10.2. The summed E-state index contributed by atoms with van der Waals surface area (Å²) in [6, 6.07) is 0.703. The maximum Gasteiger partial charge on any atom is 0.0594 e. The zero-order chi connectivity index (χ0) is 10.6. The van der Waals surface area contributed by atoms with Crippen LogP contribution in [0.5, 0.6) is 0 Å². The van der Waals surface area contributed by atoms with Gasteiger partial charge in [-0.15, -0.1) is 0 Å². The van der Waals surface area contributed by atoms with Crippen molar-refractivity contribution in [2.45, 2.75) is 46.6 Å². The number of rotatable bonds is 4. The van der Waals surface area contributed by atoms with Crippen LogP contribution in [0.3, 0.4) is 0 Å². The predicted octanol–water partition coefficient (Wildman–Crippen LogP) is 2.53. The lowest BCUT2D eigenvalue weighted by Gasteiger charge is -2.36. The maximum atomic E-state index is 5.36. The lowest BCUT2D eigenvalue weighted by molar-refractivity contribution is 0.0108. The van der Waals surface area contributed by atoms with Crippen LogP contribution in [0.2, 0.25) is 0 Å². The van der Waals surface area contributed by atoms with Crippen LogP contribution >= 0.6 is 0 Å². The van der Waals surface area contributed by atoms with Gasteiger partial charge in [-0.05, 0) is 18.8 Å². The Morgan fingerprint density at radius 2 is 1.86 bits per heavy atom. The van der Waals surface area contributed by atoms with Crippen LogP contribution in [-0.4, -0.2) is 37.2 Å². The summed E-state index contributed by atoms with van der Waals surface area (Å²) in [5.41, 5.74) is 0.484. The molecule has 1 saturated heterocycles. The van der Waals surface area contributed by atoms with E-state index in [4.69, 9.17) is 4.74 Å². The average molecular weight is 199 g/mol. The molecule has 1 fully saturated rings. The normalized spacial score (nSPS) is 22.3. The monoisotopic (exact) mass is 199 g/mol. The molecule has 0 spiro atoms. The van der Waals surface area contributed by atoms with Gasteiger partial charge in [-0.3, -0.25) is 4.90 Å². The van der Waals surface area contributed by atoms with E-state index in [0.717, 1.165) is 26.3 Å². The van der Waals surface area contributed by atoms with Crippen LogP contribution in [-0.2, 0) is 4.74 Å². The number of ether oxygens (including phenoxy) is 1. The Labute approximate surface area is 88.6 Å². The molecule has 1 aliphatic rings. The van der Waals surface area contributed by atoms with Gasteiger partial charge in [-0.2, -0.15) is 0 Å². The van der Waals surface area contributed by atoms with E-state index >= 15 is 0 Å². The highest BCUT2D eigenvalue weighted by Crippen LogP contribution is 2.28. The summed E-state index contributed by atoms with van der Waals surface area (Å²) in [5.74, 6) is 0. The SMILES string of the molecule is CCC(C)(C)CC(C)N1CCOCC1. The number of morpholine rings is 1. The van der Waals surface area contributed by atoms with Crippen LogP contribution in [0.25, 0.3) is 0 Å². The van der Waals surface area contributed by atoms with Gasteiger partial charge in [0.15, 0.2) is 0 Å². The van der Waals surface area contributed by atoms with Crippen molar-refractivity contribution < 1.29 is 4.74 Å². The van der Waals surface area contributed by atoms with Gasteiger partial charge < -0.3 is 4.74 Å². The molecule has 0 aromatic heterocycles. The molecule has 1 aliphatic heterocycles. The zero-order valence-electron chi connectivity index (χ0n) is 10.2. The average Bonchev–Trinajstić information content (AvgIpc) is 2.19. The third-order valence-corrected chi connectivity index (χ3v) is 3.47. The first kappa shape index (κ1) is 12.0. The van der Waals surface area contributed by atoms with Crippen molar-refractivity contribution in [2.75, 3.05) is 26.3 Å². The van der Waals surface area contributed by atoms with E-state index in [1.54, 1.807) is 0 Å². The van der Waals surface area contributed by atoms with E-state index in [-0.39, 0.29) is 0 Å². The van der Waals surface area contributed by atoms with Gasteiger partial charge >= 0.3 is 0 Å². The standard InChI is InChI=1S/C12H25NO/c1-5-12(3,4)10-11(2)13-6-8-14-9-7-13/h11H,5-10H2,1-4H3. The Bertz CT molecular complexity index is 162. The molecule has 0 radical (unpaired) electrons. The highest BCUT2D eigenvalue weighted by atomic mass is 16.5. The molecule has 14 heavy (non-hydrogen) atoms. The van der Waals surface area contributed by atoms with Gasteiger partial charge in [0, 0.05) is 19.1 Å². The number of nitrogens with zero attached hydrogens (tertiary/aromatic N) is 1. The minimum Gasteiger partial charge on any atom is -0.379 e. The van der Waals surface area contributed by atoms with Gasteiger partial charge in [0.25, 0.3) is 0 Å². The quantitative estimate of drug-likeness (QED) is 0.690. The maximum absolute atomic E-state index is 5.36. The fraction of sp³-hybridized carbons (Fsp3) is 1.00. The lowest BCUT2D eigenvalue weighted by Crippen LogP contribution is -2.43. The summed E-state index contributed by atoms with van der Waals surface area (Å²) in [6.45, 7) is 13.4. The van der Waals surface area contributed by atoms with Crippen molar-refractivity contribution in [3.63, 3.8) is 0 Å². The molecule has 1 heterocycles. The molecule has 1 rings (SSSR count). The van der Waals surface area contributed by atoms with Crippen molar-refractivity contribution in [1.82, 2.24) is 4.90 Å². The Morgan fingerprint density at radius 3 is 2.36 bits per heavy atom. The third-order valence-electron chi connectivity index (χ3n) is 3.47. The Hall–Kier alpha value is -0.0800. The number of hydrogen-bond donors (Lipinski definition) is 0. The van der Waals surface area contributed by atoms with Crippen molar-refractivity contribution in [1.29, 1.82) is 0 Å². The summed E-state index contributed by atoms with van der Waals surface area (Å²) in [7, 11) is 0. The summed E-state index contributed by atoms with van der Waals surface area (Å²) < 4.78 is 5.36. The van der Waals surface area contributed by atoms with Crippen LogP contribution in [0.15, 0.2) is 0 Å². The largest absolute Gasteiger partial charge is 0.379 e. The molecule has 0 aromatic carbocycles. The molecule has 1 atom stereocenters. The fourth-order valence-corrected chi connectivity index (χ4v) is 2.09. The van der Waals surface area contributed by atoms with E-state index in [9.17, 15) is 0 Å². The smallest absolute Gasteiger partial charge is 0.0594 e. The first-order chi connectivity index (χ1) is 6.55. The molecule has 2 nitrogen and oxygen atoms in total. The van der Waals surface area contributed by atoms with E-state index in [1.807, 2.05) is 0 Å². The summed E-state index contributed by atoms with van der Waals surface area (Å²) in [4.78, 5) is 2.56. The topological polar surface area (TPSA) is 12.5 Å². The van der Waals surface area contributed by atoms with Crippen molar-refractivity contribution in [3.05, 3.63) is 0 Å². The molecule has 0 aromatic rings. The van der Waals surface area contributed by atoms with E-state index in [0.29, 0.717) is 11.5 Å². The molecule has 0 saturated carbocycles. The first-order valence-electron chi connectivity index (χ1n) is 5.87. The molecular formula is C12H25NO. The van der Waals surface area contributed by atoms with E-state index < -0.39 is 0 Å². The predicted molar refractivity (Wildman–Crippen MR) is 60.5 cm³/mol. The van der Waals surface area contributed by atoms with E-state index in [1.165, 1.54) is 12.8 Å². The first-order valence-corrected chi connectivity index (χ1v) is 5.87. The Morgan fingerprint density at radius 1 is 1.29 bits per heavy atom. The van der Waals surface area contributed by atoms with Crippen LogP contribution in [0, 0.1) is 5.41 Å². The molecule has 2 heteroatoms. The lowest BCUT2D eigenvalue weighted by atomic mass is 9.83. The molecule has 0 aliphatic carbocycles. The molecule has 0 bridgehead atoms. The summed E-state index contributed by atoms with van der Waals surface area (Å²) in [5, 5.41) is 0. The van der Waals surface area contributed by atoms with Crippen LogP contribution in [0.1, 0.15) is 40.5 Å². The second kappa shape index (κ2) is 5.13. The fourth-order valence-electron chi connectivity index (χ4n) is 2.09. The van der Waals surface area contributed by atoms with Gasteiger partial charge in [-0.25, -0.2) is 0 Å². The highest BCUT2D eigenvalue weighted by Gasteiger charge is 2.24. The van der Waals surface area contributed by atoms with Crippen LogP contribution < -0.4 is 0 Å². The van der Waals surface area contributed by atoms with Gasteiger partial charge in [-0.1, -0.05) is 27.2 Å². The molecular weight excluding hydrogens is 174 g/mol. The second-order valence-electron chi connectivity index (χ2n) is 5.22. The second-order valence-corrected chi connectivity index (χ2v) is 5.22. The molecule has 1 unspecified atom stereocenters. The third kappa shape index (κ3) is 3.58. The van der Waals surface area contributed by atoms with Crippen LogP contribution in [0.4, 0.5) is 0 Å². The minimum absolute atomic E-state index is 0.484. The van der Waals surface area contributed by atoms with Gasteiger partial charge in [0.05, 0.1) is 13.2 Å². The molecule has 84 valence electrons.